The van der Waals surface area contributed by atoms with Crippen LogP contribution in [0.15, 0.2) is 0 Å². The van der Waals surface area contributed by atoms with Crippen LogP contribution in [0.5, 0.6) is 0 Å². The van der Waals surface area contributed by atoms with Gasteiger partial charge in [-0.1, -0.05) is 6.92 Å². The van der Waals surface area contributed by atoms with E-state index in [2.05, 4.69) is 12.2 Å². The molecule has 0 spiro atoms. The number of hydrogen-bond donors (Lipinski definition) is 1. The molecule has 0 radical (unpaired) electrons. The monoisotopic (exact) mass is 221 g/mol. The van der Waals surface area contributed by atoms with Crippen molar-refractivity contribution in [3.05, 3.63) is 0 Å². The minimum Gasteiger partial charge on any atom is -0.380 e. The number of sulfone groups is 1. The highest BCUT2D eigenvalue weighted by atomic mass is 32.2. The van der Waals surface area contributed by atoms with Gasteiger partial charge in [-0.05, 0) is 6.92 Å². The summed E-state index contributed by atoms with van der Waals surface area (Å²) in [4.78, 5) is 0. The number of hydrogen-bond acceptors (Lipinski definition) is 4. The summed E-state index contributed by atoms with van der Waals surface area (Å²) in [6, 6.07) is 0.0161. The van der Waals surface area contributed by atoms with E-state index in [4.69, 9.17) is 4.74 Å². The number of rotatable bonds is 5. The molecule has 14 heavy (non-hydrogen) atoms. The molecule has 1 atom stereocenters. The molecule has 0 amide bonds. The molecule has 1 fully saturated rings. The van der Waals surface area contributed by atoms with Gasteiger partial charge in [0.1, 0.15) is 9.84 Å². The van der Waals surface area contributed by atoms with Gasteiger partial charge in [0, 0.05) is 24.3 Å². The van der Waals surface area contributed by atoms with Crippen LogP contribution >= 0.6 is 0 Å². The summed E-state index contributed by atoms with van der Waals surface area (Å²) in [5.41, 5.74) is 0.200. The van der Waals surface area contributed by atoms with Crippen molar-refractivity contribution in [3.63, 3.8) is 0 Å². The summed E-state index contributed by atoms with van der Waals surface area (Å²) in [5, 5.41) is 3.22. The molecule has 1 aliphatic heterocycles. The van der Waals surface area contributed by atoms with E-state index in [1.165, 1.54) is 6.26 Å². The molecule has 0 aromatic heterocycles. The van der Waals surface area contributed by atoms with E-state index < -0.39 is 9.84 Å². The van der Waals surface area contributed by atoms with Crippen molar-refractivity contribution in [1.29, 1.82) is 0 Å². The van der Waals surface area contributed by atoms with Crippen LogP contribution in [0.2, 0.25) is 0 Å². The van der Waals surface area contributed by atoms with Crippen molar-refractivity contribution in [1.82, 2.24) is 5.32 Å². The maximum absolute atomic E-state index is 11.0. The molecule has 0 aliphatic carbocycles. The first-order chi connectivity index (χ1) is 6.31. The Morgan fingerprint density at radius 2 is 2.07 bits per heavy atom. The standard InChI is InChI=1S/C9H19NO3S/c1-8(4-14(3,11)12)10-5-9(2)6-13-7-9/h8,10H,4-7H2,1-3H3. The molecule has 0 aromatic rings. The van der Waals surface area contributed by atoms with Gasteiger partial charge in [-0.2, -0.15) is 0 Å². The molecule has 4 nitrogen and oxygen atoms in total. The molecular formula is C9H19NO3S. The van der Waals surface area contributed by atoms with Gasteiger partial charge in [-0.15, -0.1) is 0 Å². The Bertz CT molecular complexity index is 282. The molecule has 5 heteroatoms. The second-order valence-electron chi connectivity index (χ2n) is 4.68. The molecule has 1 aliphatic rings. The topological polar surface area (TPSA) is 55.4 Å². The Hall–Kier alpha value is -0.130. The first-order valence-corrected chi connectivity index (χ1v) is 6.86. The third kappa shape index (κ3) is 3.94. The summed E-state index contributed by atoms with van der Waals surface area (Å²) in [6.45, 7) is 6.39. The highest BCUT2D eigenvalue weighted by Gasteiger charge is 2.33. The Kier molecular flexibility index (Phi) is 3.55. The Morgan fingerprint density at radius 1 is 1.50 bits per heavy atom. The molecule has 1 unspecified atom stereocenters. The van der Waals surface area contributed by atoms with Crippen molar-refractivity contribution in [2.45, 2.75) is 19.9 Å². The zero-order valence-corrected chi connectivity index (χ0v) is 9.86. The molecule has 1 saturated heterocycles. The average Bonchev–Trinajstić information content (AvgIpc) is 1.94. The highest BCUT2D eigenvalue weighted by Crippen LogP contribution is 2.25. The van der Waals surface area contributed by atoms with Gasteiger partial charge in [0.25, 0.3) is 0 Å². The molecule has 84 valence electrons. The van der Waals surface area contributed by atoms with Gasteiger partial charge in [-0.25, -0.2) is 8.42 Å². The van der Waals surface area contributed by atoms with Gasteiger partial charge in [0.15, 0.2) is 0 Å². The molecule has 1 N–H and O–H groups in total. The second-order valence-corrected chi connectivity index (χ2v) is 6.86. The summed E-state index contributed by atoms with van der Waals surface area (Å²) >= 11 is 0. The van der Waals surface area contributed by atoms with Crippen molar-refractivity contribution in [2.24, 2.45) is 5.41 Å². The minimum atomic E-state index is -2.87. The third-order valence-corrected chi connectivity index (χ3v) is 3.44. The fourth-order valence-corrected chi connectivity index (χ4v) is 2.51. The largest absolute Gasteiger partial charge is 0.380 e. The van der Waals surface area contributed by atoms with Crippen LogP contribution in [0.1, 0.15) is 13.8 Å². The molecular weight excluding hydrogens is 202 g/mol. The number of nitrogens with one attached hydrogen (secondary N) is 1. The van der Waals surface area contributed by atoms with Crippen molar-refractivity contribution >= 4 is 9.84 Å². The second kappa shape index (κ2) is 4.16. The molecule has 0 bridgehead atoms. The summed E-state index contributed by atoms with van der Waals surface area (Å²) in [5.74, 6) is 0.198. The highest BCUT2D eigenvalue weighted by molar-refractivity contribution is 7.90. The lowest BCUT2D eigenvalue weighted by molar-refractivity contribution is -0.0996. The Morgan fingerprint density at radius 3 is 2.43 bits per heavy atom. The van der Waals surface area contributed by atoms with Crippen molar-refractivity contribution < 1.29 is 13.2 Å². The SMILES string of the molecule is CC(CS(C)(=O)=O)NCC1(C)COC1. The van der Waals surface area contributed by atoms with Crippen LogP contribution in [0.3, 0.4) is 0 Å². The lowest BCUT2D eigenvalue weighted by Gasteiger charge is -2.39. The normalized spacial score (nSPS) is 22.8. The average molecular weight is 221 g/mol. The third-order valence-electron chi connectivity index (χ3n) is 2.33. The number of ether oxygens (including phenoxy) is 1. The Labute approximate surface area is 85.9 Å². The smallest absolute Gasteiger partial charge is 0.148 e. The molecule has 0 saturated carbocycles. The Balaban J connectivity index is 2.24. The zero-order chi connectivity index (χ0) is 10.8. The first-order valence-electron chi connectivity index (χ1n) is 4.80. The van der Waals surface area contributed by atoms with Crippen molar-refractivity contribution in [3.8, 4) is 0 Å². The predicted octanol–water partition coefficient (Wildman–Crippen LogP) is 0.0456. The van der Waals surface area contributed by atoms with Gasteiger partial charge in [0.05, 0.1) is 19.0 Å². The maximum Gasteiger partial charge on any atom is 0.148 e. The quantitative estimate of drug-likeness (QED) is 0.712. The van der Waals surface area contributed by atoms with E-state index in [1.807, 2.05) is 6.92 Å². The van der Waals surface area contributed by atoms with Crippen LogP contribution in [-0.4, -0.2) is 46.2 Å². The summed E-state index contributed by atoms with van der Waals surface area (Å²) in [6.07, 6.45) is 1.26. The van der Waals surface area contributed by atoms with Gasteiger partial charge in [0.2, 0.25) is 0 Å². The zero-order valence-electron chi connectivity index (χ0n) is 9.04. The summed E-state index contributed by atoms with van der Waals surface area (Å²) < 4.78 is 27.1. The molecule has 0 aromatic carbocycles. The predicted molar refractivity (Wildman–Crippen MR) is 56.1 cm³/mol. The van der Waals surface area contributed by atoms with E-state index in [0.29, 0.717) is 0 Å². The van der Waals surface area contributed by atoms with E-state index in [-0.39, 0.29) is 17.2 Å². The van der Waals surface area contributed by atoms with E-state index in [0.717, 1.165) is 19.8 Å². The fraction of sp³-hybridized carbons (Fsp3) is 1.00. The first kappa shape index (κ1) is 11.9. The van der Waals surface area contributed by atoms with E-state index in [1.54, 1.807) is 0 Å². The van der Waals surface area contributed by atoms with Crippen LogP contribution in [0.25, 0.3) is 0 Å². The van der Waals surface area contributed by atoms with Crippen LogP contribution in [-0.2, 0) is 14.6 Å². The van der Waals surface area contributed by atoms with Crippen LogP contribution in [0, 0.1) is 5.41 Å². The maximum atomic E-state index is 11.0. The molecule has 1 heterocycles. The minimum absolute atomic E-state index is 0.0161. The molecule has 1 rings (SSSR count). The van der Waals surface area contributed by atoms with Crippen LogP contribution < -0.4 is 5.32 Å². The van der Waals surface area contributed by atoms with Gasteiger partial charge >= 0.3 is 0 Å². The lowest BCUT2D eigenvalue weighted by Crippen LogP contribution is -2.50. The van der Waals surface area contributed by atoms with E-state index in [9.17, 15) is 8.42 Å². The summed E-state index contributed by atoms with van der Waals surface area (Å²) in [7, 11) is -2.87. The van der Waals surface area contributed by atoms with E-state index >= 15 is 0 Å². The van der Waals surface area contributed by atoms with Crippen molar-refractivity contribution in [2.75, 3.05) is 31.8 Å². The van der Waals surface area contributed by atoms with Crippen LogP contribution in [0.4, 0.5) is 0 Å². The lowest BCUT2D eigenvalue weighted by atomic mass is 9.88. The fourth-order valence-electron chi connectivity index (χ4n) is 1.49. The van der Waals surface area contributed by atoms with Gasteiger partial charge < -0.3 is 10.1 Å². The van der Waals surface area contributed by atoms with Gasteiger partial charge in [-0.3, -0.25) is 0 Å².